The zero-order valence-electron chi connectivity index (χ0n) is 13.3. The minimum Gasteiger partial charge on any atom is -0.347 e. The molecule has 2 nitrogen and oxygen atoms in total. The predicted octanol–water partition coefficient (Wildman–Crippen LogP) is 5.62. The summed E-state index contributed by atoms with van der Waals surface area (Å²) in [6.07, 6.45) is 4.33. The van der Waals surface area contributed by atoms with Crippen LogP contribution in [0.25, 0.3) is 10.9 Å². The zero-order chi connectivity index (χ0) is 16.9. The Kier molecular flexibility index (Phi) is 5.66. The van der Waals surface area contributed by atoms with Crippen molar-refractivity contribution in [2.24, 2.45) is 0 Å². The molecule has 4 heteroatoms. The van der Waals surface area contributed by atoms with Gasteiger partial charge in [0.05, 0.1) is 6.67 Å². The van der Waals surface area contributed by atoms with Gasteiger partial charge in [-0.15, -0.1) is 0 Å². The number of hydrogen-bond donors (Lipinski definition) is 0. The lowest BCUT2D eigenvalue weighted by Gasteiger charge is -2.04. The quantitative estimate of drug-likeness (QED) is 0.268. The molecule has 24 heavy (non-hydrogen) atoms. The van der Waals surface area contributed by atoms with Crippen LogP contribution in [0.15, 0.2) is 54.7 Å². The van der Waals surface area contributed by atoms with E-state index in [0.29, 0.717) is 12.0 Å². The van der Waals surface area contributed by atoms with E-state index < -0.39 is 0 Å². The van der Waals surface area contributed by atoms with Crippen LogP contribution >= 0.6 is 22.6 Å². The summed E-state index contributed by atoms with van der Waals surface area (Å²) in [5, 5.41) is 0.979. The highest BCUT2D eigenvalue weighted by Gasteiger charge is 2.16. The summed E-state index contributed by atoms with van der Waals surface area (Å²) in [6.45, 7) is 0.545. The Balaban J connectivity index is 1.94. The third-order valence-corrected chi connectivity index (χ3v) is 4.82. The number of para-hydroxylation sites is 1. The molecular weight excluding hydrogens is 416 g/mol. The van der Waals surface area contributed by atoms with Crippen LogP contribution in [0.1, 0.15) is 35.2 Å². The van der Waals surface area contributed by atoms with Crippen molar-refractivity contribution in [1.29, 1.82) is 0 Å². The van der Waals surface area contributed by atoms with Gasteiger partial charge in [0, 0.05) is 38.3 Å². The summed E-state index contributed by atoms with van der Waals surface area (Å²) in [5.74, 6) is 0.0484. The molecule has 124 valence electrons. The van der Waals surface area contributed by atoms with Crippen molar-refractivity contribution >= 4 is 39.3 Å². The number of carbonyl (C=O) groups excluding carboxylic acids is 1. The molecule has 0 fully saturated rings. The number of alkyl halides is 1. The van der Waals surface area contributed by atoms with Crippen molar-refractivity contribution in [3.05, 3.63) is 69.4 Å². The second kappa shape index (κ2) is 7.92. The third kappa shape index (κ3) is 3.69. The number of benzene rings is 2. The molecular formula is C20H19FINO. The second-order valence-corrected chi connectivity index (χ2v) is 7.09. The van der Waals surface area contributed by atoms with E-state index in [0.717, 1.165) is 39.4 Å². The number of ketones is 1. The molecule has 0 saturated carbocycles. The molecule has 0 amide bonds. The number of aryl methyl sites for hydroxylation is 1. The van der Waals surface area contributed by atoms with Crippen molar-refractivity contribution < 1.29 is 9.18 Å². The Morgan fingerprint density at radius 3 is 2.67 bits per heavy atom. The monoisotopic (exact) mass is 435 g/mol. The van der Waals surface area contributed by atoms with Gasteiger partial charge in [-0.05, 0) is 60.1 Å². The molecule has 3 aromatic rings. The maximum Gasteiger partial charge on any atom is 0.195 e. The van der Waals surface area contributed by atoms with E-state index in [-0.39, 0.29) is 12.5 Å². The first-order chi connectivity index (χ1) is 11.7. The lowest BCUT2D eigenvalue weighted by molar-refractivity contribution is 0.104. The van der Waals surface area contributed by atoms with Gasteiger partial charge in [-0.3, -0.25) is 9.18 Å². The first-order valence-electron chi connectivity index (χ1n) is 8.15. The van der Waals surface area contributed by atoms with E-state index in [4.69, 9.17) is 0 Å². The fraction of sp³-hybridized carbons (Fsp3) is 0.250. The minimum absolute atomic E-state index is 0.0484. The standard InChI is InChI=1S/C20H19FINO/c21-11-4-1-5-12-23-14-18(17-9-2-3-10-19(17)23)20(24)15-7-6-8-16(22)13-15/h2-3,6-10,13-14H,1,4-5,11-12H2. The van der Waals surface area contributed by atoms with E-state index in [9.17, 15) is 9.18 Å². The van der Waals surface area contributed by atoms with Crippen LogP contribution in [0.2, 0.25) is 0 Å². The largest absolute Gasteiger partial charge is 0.347 e. The molecule has 0 aliphatic rings. The predicted molar refractivity (Wildman–Crippen MR) is 104 cm³/mol. The maximum atomic E-state index is 12.9. The summed E-state index contributed by atoms with van der Waals surface area (Å²) in [4.78, 5) is 12.9. The Labute approximate surface area is 154 Å². The summed E-state index contributed by atoms with van der Waals surface area (Å²) < 4.78 is 15.4. The van der Waals surface area contributed by atoms with Crippen LogP contribution < -0.4 is 0 Å². The number of aromatic nitrogens is 1. The van der Waals surface area contributed by atoms with Crippen molar-refractivity contribution in [2.45, 2.75) is 25.8 Å². The Hall–Kier alpha value is -1.69. The molecule has 0 atom stereocenters. The average molecular weight is 435 g/mol. The summed E-state index contributed by atoms with van der Waals surface area (Å²) in [7, 11) is 0. The van der Waals surface area contributed by atoms with E-state index in [1.54, 1.807) is 0 Å². The van der Waals surface area contributed by atoms with E-state index in [2.05, 4.69) is 27.2 Å². The highest BCUT2D eigenvalue weighted by Crippen LogP contribution is 2.25. The highest BCUT2D eigenvalue weighted by molar-refractivity contribution is 14.1. The minimum atomic E-state index is -0.261. The molecule has 2 aromatic carbocycles. The first-order valence-corrected chi connectivity index (χ1v) is 9.22. The molecule has 1 heterocycles. The van der Waals surface area contributed by atoms with Crippen LogP contribution in [0.5, 0.6) is 0 Å². The number of carbonyl (C=O) groups is 1. The summed E-state index contributed by atoms with van der Waals surface area (Å²) in [5.41, 5.74) is 2.51. The maximum absolute atomic E-state index is 12.9. The lowest BCUT2D eigenvalue weighted by Crippen LogP contribution is -2.01. The van der Waals surface area contributed by atoms with Crippen LogP contribution in [-0.4, -0.2) is 17.0 Å². The van der Waals surface area contributed by atoms with E-state index >= 15 is 0 Å². The molecule has 0 unspecified atom stereocenters. The molecule has 0 aliphatic carbocycles. The Bertz CT molecular complexity index is 856. The Morgan fingerprint density at radius 2 is 1.88 bits per heavy atom. The molecule has 0 N–H and O–H groups in total. The van der Waals surface area contributed by atoms with Gasteiger partial charge in [-0.25, -0.2) is 0 Å². The lowest BCUT2D eigenvalue weighted by atomic mass is 10.0. The van der Waals surface area contributed by atoms with Crippen molar-refractivity contribution in [3.8, 4) is 0 Å². The Morgan fingerprint density at radius 1 is 1.04 bits per heavy atom. The summed E-state index contributed by atoms with van der Waals surface area (Å²) in [6, 6.07) is 15.6. The number of halogens is 2. The average Bonchev–Trinajstić information content (AvgIpc) is 2.97. The van der Waals surface area contributed by atoms with Gasteiger partial charge in [-0.1, -0.05) is 30.3 Å². The topological polar surface area (TPSA) is 22.0 Å². The highest BCUT2D eigenvalue weighted by atomic mass is 127. The first kappa shape index (κ1) is 17.1. The molecule has 0 spiro atoms. The van der Waals surface area contributed by atoms with Crippen molar-refractivity contribution in [3.63, 3.8) is 0 Å². The van der Waals surface area contributed by atoms with Crippen LogP contribution in [0, 0.1) is 3.57 Å². The van der Waals surface area contributed by atoms with Gasteiger partial charge >= 0.3 is 0 Å². The smallest absolute Gasteiger partial charge is 0.195 e. The number of fused-ring (bicyclic) bond motifs is 1. The van der Waals surface area contributed by atoms with Crippen LogP contribution in [-0.2, 0) is 6.54 Å². The molecule has 0 aliphatic heterocycles. The van der Waals surface area contributed by atoms with E-state index in [1.165, 1.54) is 0 Å². The number of nitrogens with zero attached hydrogens (tertiary/aromatic N) is 1. The van der Waals surface area contributed by atoms with Crippen LogP contribution in [0.4, 0.5) is 4.39 Å². The second-order valence-electron chi connectivity index (χ2n) is 5.84. The third-order valence-electron chi connectivity index (χ3n) is 4.15. The van der Waals surface area contributed by atoms with Gasteiger partial charge in [-0.2, -0.15) is 0 Å². The van der Waals surface area contributed by atoms with Crippen LogP contribution in [0.3, 0.4) is 0 Å². The molecule has 0 bridgehead atoms. The van der Waals surface area contributed by atoms with Gasteiger partial charge in [0.15, 0.2) is 5.78 Å². The normalized spacial score (nSPS) is 11.1. The van der Waals surface area contributed by atoms with Gasteiger partial charge < -0.3 is 4.57 Å². The summed E-state index contributed by atoms with van der Waals surface area (Å²) >= 11 is 2.22. The number of hydrogen-bond acceptors (Lipinski definition) is 1. The van der Waals surface area contributed by atoms with Gasteiger partial charge in [0.1, 0.15) is 0 Å². The molecule has 3 rings (SSSR count). The SMILES string of the molecule is O=C(c1cccc(I)c1)c1cn(CCCCCF)c2ccccc12. The van der Waals surface area contributed by atoms with Gasteiger partial charge in [0.25, 0.3) is 0 Å². The molecule has 1 aromatic heterocycles. The van der Waals surface area contributed by atoms with Gasteiger partial charge in [0.2, 0.25) is 0 Å². The van der Waals surface area contributed by atoms with Crippen molar-refractivity contribution in [2.75, 3.05) is 6.67 Å². The molecule has 0 saturated heterocycles. The zero-order valence-corrected chi connectivity index (χ0v) is 15.5. The number of rotatable bonds is 7. The fourth-order valence-corrected chi connectivity index (χ4v) is 3.49. The molecule has 0 radical (unpaired) electrons. The number of unbranched alkanes of at least 4 members (excludes halogenated alkanes) is 2. The van der Waals surface area contributed by atoms with Crippen molar-refractivity contribution in [1.82, 2.24) is 4.57 Å². The van der Waals surface area contributed by atoms with E-state index in [1.807, 2.05) is 54.7 Å². The fourth-order valence-electron chi connectivity index (χ4n) is 2.95.